The van der Waals surface area contributed by atoms with Crippen LogP contribution in [-0.4, -0.2) is 28.8 Å². The summed E-state index contributed by atoms with van der Waals surface area (Å²) in [7, 11) is 1.17. The highest BCUT2D eigenvalue weighted by Gasteiger charge is 2.37. The fraction of sp³-hybridized carbons (Fsp3) is 0.250. The van der Waals surface area contributed by atoms with Crippen LogP contribution in [0.25, 0.3) is 11.0 Å². The summed E-state index contributed by atoms with van der Waals surface area (Å²) in [6.07, 6.45) is -4.63. The summed E-state index contributed by atoms with van der Waals surface area (Å²) in [5, 5.41) is -0.332. The van der Waals surface area contributed by atoms with Gasteiger partial charge in [0, 0.05) is 0 Å². The first-order valence-electron chi connectivity index (χ1n) is 5.45. The number of carbonyl (C=O) groups excluding carboxylic acids is 1. The molecule has 8 heteroatoms. The monoisotopic (exact) mass is 302 g/mol. The number of ether oxygens (including phenoxy) is 1. The molecule has 0 aliphatic carbocycles. The van der Waals surface area contributed by atoms with Crippen LogP contribution in [0.3, 0.4) is 0 Å². The predicted molar refractivity (Wildman–Crippen MR) is 67.3 cm³/mol. The zero-order valence-corrected chi connectivity index (χ0v) is 11.1. The van der Waals surface area contributed by atoms with Crippen LogP contribution in [0.4, 0.5) is 13.2 Å². The molecular weight excluding hydrogens is 293 g/mol. The molecule has 1 aromatic heterocycles. The van der Waals surface area contributed by atoms with Crippen molar-refractivity contribution in [1.29, 1.82) is 0 Å². The second-order valence-electron chi connectivity index (χ2n) is 3.73. The zero-order chi connectivity index (χ0) is 14.8. The third-order valence-electron chi connectivity index (χ3n) is 2.36. The number of benzene rings is 1. The Morgan fingerprint density at radius 2 is 1.85 bits per heavy atom. The first-order chi connectivity index (χ1) is 9.41. The van der Waals surface area contributed by atoms with Crippen LogP contribution in [0.2, 0.25) is 0 Å². The molecule has 0 aliphatic heterocycles. The summed E-state index contributed by atoms with van der Waals surface area (Å²) in [6.45, 7) is 0. The molecule has 0 amide bonds. The van der Waals surface area contributed by atoms with Crippen molar-refractivity contribution in [2.75, 3.05) is 12.9 Å². The van der Waals surface area contributed by atoms with Crippen molar-refractivity contribution in [1.82, 2.24) is 9.97 Å². The molecule has 2 aromatic rings. The van der Waals surface area contributed by atoms with E-state index in [1.165, 1.54) is 13.2 Å². The van der Waals surface area contributed by atoms with Gasteiger partial charge in [-0.05, 0) is 12.1 Å². The molecule has 0 fully saturated rings. The van der Waals surface area contributed by atoms with E-state index < -0.39 is 17.8 Å². The number of carbonyl (C=O) groups is 1. The Balaban J connectivity index is 2.46. The maximum Gasteiger partial charge on any atom is 0.436 e. The van der Waals surface area contributed by atoms with E-state index in [0.717, 1.165) is 0 Å². The third kappa shape index (κ3) is 3.19. The third-order valence-corrected chi connectivity index (χ3v) is 3.30. The number of methoxy groups -OCH3 is 1. The van der Waals surface area contributed by atoms with Gasteiger partial charge in [-0.2, -0.15) is 13.2 Å². The lowest BCUT2D eigenvalue weighted by molar-refractivity contribution is -0.143. The van der Waals surface area contributed by atoms with E-state index in [9.17, 15) is 18.0 Å². The number of nitrogens with zero attached hydrogens (tertiary/aromatic N) is 2. The molecule has 2 rings (SSSR count). The number of hydrogen-bond donors (Lipinski definition) is 0. The summed E-state index contributed by atoms with van der Waals surface area (Å²) >= 11 is 0.653. The van der Waals surface area contributed by atoms with Gasteiger partial charge in [-0.25, -0.2) is 9.97 Å². The molecule has 0 saturated carbocycles. The SMILES string of the molecule is COC(=O)CSc1nc2ccccc2nc1C(F)(F)F. The summed E-state index contributed by atoms with van der Waals surface area (Å²) < 4.78 is 43.2. The van der Waals surface area contributed by atoms with E-state index in [0.29, 0.717) is 17.3 Å². The van der Waals surface area contributed by atoms with Gasteiger partial charge in [0.05, 0.1) is 23.9 Å². The van der Waals surface area contributed by atoms with E-state index in [4.69, 9.17) is 0 Å². The minimum absolute atomic E-state index is 0.155. The molecular formula is C12H9F3N2O2S. The summed E-state index contributed by atoms with van der Waals surface area (Å²) in [5.74, 6) is -0.884. The Bertz CT molecular complexity index is 646. The molecule has 0 aliphatic rings. The van der Waals surface area contributed by atoms with E-state index in [1.54, 1.807) is 18.2 Å². The van der Waals surface area contributed by atoms with Crippen molar-refractivity contribution >= 4 is 28.8 Å². The van der Waals surface area contributed by atoms with Gasteiger partial charge < -0.3 is 4.74 Å². The minimum atomic E-state index is -4.63. The number of rotatable bonds is 3. The van der Waals surface area contributed by atoms with Crippen molar-refractivity contribution in [3.8, 4) is 0 Å². The van der Waals surface area contributed by atoms with Crippen LogP contribution in [0.15, 0.2) is 29.3 Å². The largest absolute Gasteiger partial charge is 0.468 e. The average molecular weight is 302 g/mol. The fourth-order valence-corrected chi connectivity index (χ4v) is 2.29. The quantitative estimate of drug-likeness (QED) is 0.644. The highest BCUT2D eigenvalue weighted by atomic mass is 32.2. The molecule has 0 atom stereocenters. The summed E-state index contributed by atoms with van der Waals surface area (Å²) in [6, 6.07) is 6.24. The Hall–Kier alpha value is -1.83. The highest BCUT2D eigenvalue weighted by molar-refractivity contribution is 7.99. The van der Waals surface area contributed by atoms with Crippen LogP contribution >= 0.6 is 11.8 Å². The first kappa shape index (κ1) is 14.6. The van der Waals surface area contributed by atoms with Crippen LogP contribution in [0.5, 0.6) is 0 Å². The van der Waals surface area contributed by atoms with E-state index in [2.05, 4.69) is 14.7 Å². The second kappa shape index (κ2) is 5.66. The lowest BCUT2D eigenvalue weighted by Crippen LogP contribution is -2.13. The van der Waals surface area contributed by atoms with Gasteiger partial charge >= 0.3 is 12.1 Å². The number of thioether (sulfide) groups is 1. The van der Waals surface area contributed by atoms with Crippen LogP contribution in [0, 0.1) is 0 Å². The summed E-state index contributed by atoms with van der Waals surface area (Å²) in [4.78, 5) is 18.5. The Kier molecular flexibility index (Phi) is 4.12. The molecule has 20 heavy (non-hydrogen) atoms. The number of alkyl halides is 3. The molecule has 0 saturated heterocycles. The van der Waals surface area contributed by atoms with Gasteiger partial charge in [0.1, 0.15) is 5.03 Å². The first-order valence-corrected chi connectivity index (χ1v) is 6.44. The Morgan fingerprint density at radius 1 is 1.25 bits per heavy atom. The molecule has 106 valence electrons. The van der Waals surface area contributed by atoms with Crippen LogP contribution in [-0.2, 0) is 15.7 Å². The molecule has 0 bridgehead atoms. The van der Waals surface area contributed by atoms with Gasteiger partial charge in [0.25, 0.3) is 0 Å². The lowest BCUT2D eigenvalue weighted by atomic mass is 10.3. The molecule has 0 radical (unpaired) electrons. The Labute approximate surface area is 116 Å². The number of aromatic nitrogens is 2. The van der Waals surface area contributed by atoms with Gasteiger partial charge in [0.2, 0.25) is 0 Å². The maximum atomic E-state index is 13.0. The molecule has 0 unspecified atom stereocenters. The molecule has 4 nitrogen and oxygen atoms in total. The van der Waals surface area contributed by atoms with Crippen molar-refractivity contribution < 1.29 is 22.7 Å². The predicted octanol–water partition coefficient (Wildman–Crippen LogP) is 2.91. The number of fused-ring (bicyclic) bond motifs is 1. The van der Waals surface area contributed by atoms with Gasteiger partial charge in [-0.15, -0.1) is 0 Å². The fourth-order valence-electron chi connectivity index (χ4n) is 1.46. The van der Waals surface area contributed by atoms with Crippen molar-refractivity contribution in [2.45, 2.75) is 11.2 Å². The van der Waals surface area contributed by atoms with Gasteiger partial charge in [0.15, 0.2) is 5.69 Å². The topological polar surface area (TPSA) is 52.1 Å². The molecule has 0 spiro atoms. The molecule has 1 aromatic carbocycles. The normalized spacial score (nSPS) is 11.6. The molecule has 1 heterocycles. The zero-order valence-electron chi connectivity index (χ0n) is 10.3. The number of para-hydroxylation sites is 2. The second-order valence-corrected chi connectivity index (χ2v) is 4.69. The van der Waals surface area contributed by atoms with Crippen molar-refractivity contribution in [2.24, 2.45) is 0 Å². The minimum Gasteiger partial charge on any atom is -0.468 e. The highest BCUT2D eigenvalue weighted by Crippen LogP contribution is 2.35. The Morgan fingerprint density at radius 3 is 2.40 bits per heavy atom. The van der Waals surface area contributed by atoms with Crippen molar-refractivity contribution in [3.63, 3.8) is 0 Å². The van der Waals surface area contributed by atoms with E-state index in [1.807, 2.05) is 0 Å². The lowest BCUT2D eigenvalue weighted by Gasteiger charge is -2.11. The number of esters is 1. The maximum absolute atomic E-state index is 13.0. The average Bonchev–Trinajstić information content (AvgIpc) is 2.42. The van der Waals surface area contributed by atoms with Gasteiger partial charge in [-0.3, -0.25) is 4.79 Å². The van der Waals surface area contributed by atoms with E-state index in [-0.39, 0.29) is 16.3 Å². The summed E-state index contributed by atoms with van der Waals surface area (Å²) in [5.41, 5.74) is -0.597. The van der Waals surface area contributed by atoms with Crippen LogP contribution < -0.4 is 0 Å². The smallest absolute Gasteiger partial charge is 0.436 e. The number of halogens is 3. The van der Waals surface area contributed by atoms with Crippen molar-refractivity contribution in [3.05, 3.63) is 30.0 Å². The van der Waals surface area contributed by atoms with E-state index >= 15 is 0 Å². The molecule has 0 N–H and O–H groups in total. The standard InChI is InChI=1S/C12H9F3N2O2S/c1-19-9(18)6-20-11-10(12(13,14)15)16-7-4-2-3-5-8(7)17-11/h2-5H,6H2,1H3. The van der Waals surface area contributed by atoms with Gasteiger partial charge in [-0.1, -0.05) is 23.9 Å². The number of hydrogen-bond acceptors (Lipinski definition) is 5. The van der Waals surface area contributed by atoms with Crippen LogP contribution in [0.1, 0.15) is 5.69 Å².